The van der Waals surface area contributed by atoms with E-state index in [-0.39, 0.29) is 5.91 Å². The van der Waals surface area contributed by atoms with Crippen LogP contribution in [0.5, 0.6) is 0 Å². The van der Waals surface area contributed by atoms with Gasteiger partial charge in [0.2, 0.25) is 5.91 Å². The Balaban J connectivity index is 1.12. The van der Waals surface area contributed by atoms with Gasteiger partial charge in [-0.15, -0.1) is 11.3 Å². The van der Waals surface area contributed by atoms with E-state index in [4.69, 9.17) is 4.37 Å². The monoisotopic (exact) mass is 462 g/mol. The summed E-state index contributed by atoms with van der Waals surface area (Å²) < 4.78 is 5.97. The molecule has 1 amide bonds. The summed E-state index contributed by atoms with van der Waals surface area (Å²) in [6.45, 7) is 5.13. The first-order valence-electron chi connectivity index (χ1n) is 11.0. The average Bonchev–Trinajstić information content (AvgIpc) is 3.48. The number of carbonyl (C=O) groups is 1. The van der Waals surface area contributed by atoms with Gasteiger partial charge < -0.3 is 10.2 Å². The molecule has 0 saturated carbocycles. The van der Waals surface area contributed by atoms with Gasteiger partial charge in [-0.3, -0.25) is 9.69 Å². The fourth-order valence-corrected chi connectivity index (χ4v) is 5.65. The third-order valence-electron chi connectivity index (χ3n) is 5.87. The van der Waals surface area contributed by atoms with E-state index >= 15 is 0 Å². The van der Waals surface area contributed by atoms with Crippen molar-refractivity contribution in [1.82, 2.24) is 9.27 Å². The van der Waals surface area contributed by atoms with Crippen LogP contribution >= 0.6 is 22.9 Å². The second-order valence-electron chi connectivity index (χ2n) is 8.09. The van der Waals surface area contributed by atoms with Crippen LogP contribution in [-0.4, -0.2) is 47.9 Å². The molecule has 3 heterocycles. The first kappa shape index (κ1) is 21.1. The molecule has 0 unspecified atom stereocenters. The molecule has 1 fully saturated rings. The Morgan fingerprint density at radius 2 is 1.88 bits per heavy atom. The zero-order valence-corrected chi connectivity index (χ0v) is 19.5. The first-order valence-corrected chi connectivity index (χ1v) is 12.6. The highest BCUT2D eigenvalue weighted by Gasteiger charge is 2.20. The second kappa shape index (κ2) is 9.81. The van der Waals surface area contributed by atoms with Gasteiger partial charge in [0.05, 0.1) is 11.1 Å². The number of thiophene rings is 1. The molecule has 1 saturated heterocycles. The number of carbonyl (C=O) groups excluding carboxylic acids is 1. The van der Waals surface area contributed by atoms with Crippen molar-refractivity contribution in [3.8, 4) is 0 Å². The number of nitrogens with zero attached hydrogens (tertiary/aromatic N) is 3. The number of fused-ring (bicyclic) bond motifs is 1. The van der Waals surface area contributed by atoms with Crippen LogP contribution in [0.3, 0.4) is 0 Å². The van der Waals surface area contributed by atoms with Gasteiger partial charge in [0.1, 0.15) is 5.82 Å². The Labute approximate surface area is 196 Å². The van der Waals surface area contributed by atoms with E-state index in [0.717, 1.165) is 55.5 Å². The lowest BCUT2D eigenvalue weighted by Crippen LogP contribution is -2.47. The number of hydrogen-bond acceptors (Lipinski definition) is 6. The highest BCUT2D eigenvalue weighted by molar-refractivity contribution is 7.13. The lowest BCUT2D eigenvalue weighted by atomic mass is 10.1. The fourth-order valence-electron chi connectivity index (χ4n) is 4.15. The van der Waals surface area contributed by atoms with Crippen molar-refractivity contribution in [3.05, 3.63) is 76.5 Å². The molecule has 0 atom stereocenters. The van der Waals surface area contributed by atoms with E-state index < -0.39 is 0 Å². The normalized spacial score (nSPS) is 14.7. The number of aromatic nitrogens is 1. The zero-order chi connectivity index (χ0) is 21.8. The molecule has 1 N–H and O–H groups in total. The topological polar surface area (TPSA) is 48.5 Å². The third-order valence-corrected chi connectivity index (χ3v) is 7.57. The number of piperazine rings is 1. The number of hydrogen-bond donors (Lipinski definition) is 1. The molecule has 0 spiro atoms. The Morgan fingerprint density at radius 3 is 2.72 bits per heavy atom. The molecule has 0 bridgehead atoms. The summed E-state index contributed by atoms with van der Waals surface area (Å²) in [6, 6.07) is 20.7. The average molecular weight is 463 g/mol. The number of benzene rings is 2. The Bertz CT molecular complexity index is 1180. The lowest BCUT2D eigenvalue weighted by molar-refractivity contribution is -0.115. The van der Waals surface area contributed by atoms with Crippen LogP contribution in [0, 0.1) is 0 Å². The van der Waals surface area contributed by atoms with Crippen molar-refractivity contribution in [3.63, 3.8) is 0 Å². The summed E-state index contributed by atoms with van der Waals surface area (Å²) in [7, 11) is 0. The van der Waals surface area contributed by atoms with E-state index in [9.17, 15) is 4.79 Å². The predicted octanol–water partition coefficient (Wildman–Crippen LogP) is 4.90. The van der Waals surface area contributed by atoms with Gasteiger partial charge in [-0.1, -0.05) is 30.3 Å². The molecule has 2 aromatic heterocycles. The summed E-state index contributed by atoms with van der Waals surface area (Å²) in [4.78, 5) is 18.3. The highest BCUT2D eigenvalue weighted by Crippen LogP contribution is 2.29. The summed E-state index contributed by atoms with van der Waals surface area (Å²) in [5.41, 5.74) is 2.14. The van der Waals surface area contributed by atoms with Gasteiger partial charge in [0, 0.05) is 48.7 Å². The van der Waals surface area contributed by atoms with Crippen LogP contribution in [0.15, 0.2) is 66.0 Å². The first-order chi connectivity index (χ1) is 15.7. The number of amides is 1. The van der Waals surface area contributed by atoms with Crippen molar-refractivity contribution >= 4 is 50.4 Å². The Hall–Kier alpha value is -2.74. The summed E-state index contributed by atoms with van der Waals surface area (Å²) >= 11 is 3.20. The van der Waals surface area contributed by atoms with Gasteiger partial charge in [-0.05, 0) is 59.2 Å². The molecule has 5 rings (SSSR count). The molecule has 4 aromatic rings. The maximum Gasteiger partial charge on any atom is 0.229 e. The van der Waals surface area contributed by atoms with Crippen molar-refractivity contribution < 1.29 is 4.79 Å². The Morgan fingerprint density at radius 1 is 1.00 bits per heavy atom. The molecule has 0 aliphatic carbocycles. The molecule has 32 heavy (non-hydrogen) atoms. The van der Waals surface area contributed by atoms with E-state index in [2.05, 4.69) is 51.5 Å². The number of nitrogens with one attached hydrogen (secondary N) is 1. The summed E-state index contributed by atoms with van der Waals surface area (Å²) in [5, 5.41) is 6.31. The molecule has 1 aliphatic heterocycles. The highest BCUT2D eigenvalue weighted by atomic mass is 32.1. The van der Waals surface area contributed by atoms with Crippen molar-refractivity contribution in [2.24, 2.45) is 0 Å². The molecular weight excluding hydrogens is 436 g/mol. The van der Waals surface area contributed by atoms with Crippen molar-refractivity contribution in [2.75, 3.05) is 42.9 Å². The quantitative estimate of drug-likeness (QED) is 0.424. The third kappa shape index (κ3) is 5.01. The Kier molecular flexibility index (Phi) is 6.48. The zero-order valence-electron chi connectivity index (χ0n) is 17.9. The van der Waals surface area contributed by atoms with Gasteiger partial charge in [-0.2, -0.15) is 4.37 Å². The van der Waals surface area contributed by atoms with Gasteiger partial charge in [0.25, 0.3) is 0 Å². The van der Waals surface area contributed by atoms with Crippen LogP contribution < -0.4 is 10.2 Å². The smallest absolute Gasteiger partial charge is 0.229 e. The molecule has 164 valence electrons. The van der Waals surface area contributed by atoms with Crippen LogP contribution in [-0.2, 0) is 17.6 Å². The van der Waals surface area contributed by atoms with Crippen LogP contribution in [0.1, 0.15) is 10.4 Å². The van der Waals surface area contributed by atoms with Crippen LogP contribution in [0.2, 0.25) is 0 Å². The molecule has 0 radical (unpaired) electrons. The van der Waals surface area contributed by atoms with Crippen LogP contribution in [0.25, 0.3) is 10.1 Å². The molecular formula is C25H26N4OS2. The number of rotatable bonds is 7. The van der Waals surface area contributed by atoms with E-state index in [1.807, 2.05) is 29.6 Å². The van der Waals surface area contributed by atoms with Gasteiger partial charge >= 0.3 is 0 Å². The summed E-state index contributed by atoms with van der Waals surface area (Å²) in [6.07, 6.45) is 1.41. The molecule has 1 aliphatic rings. The van der Waals surface area contributed by atoms with Crippen molar-refractivity contribution in [1.29, 1.82) is 0 Å². The van der Waals surface area contributed by atoms with Crippen LogP contribution in [0.4, 0.5) is 11.5 Å². The second-order valence-corrected chi connectivity index (χ2v) is 9.92. The molecule has 2 aromatic carbocycles. The standard InChI is InChI=1S/C25H26N4OS2/c30-24(18-21-7-4-16-31-21)26-20-6-3-5-19(17-20)10-11-28-12-14-29(15-13-28)25-22-8-1-2-9-23(22)32-27-25/h1-9,16-17H,10-15,18H2,(H,26,30). The minimum Gasteiger partial charge on any atom is -0.353 e. The maximum atomic E-state index is 12.3. The van der Waals surface area contributed by atoms with Crippen molar-refractivity contribution in [2.45, 2.75) is 12.8 Å². The fraction of sp³-hybridized carbons (Fsp3) is 0.280. The minimum atomic E-state index is 0.0373. The van der Waals surface area contributed by atoms with E-state index in [0.29, 0.717) is 6.42 Å². The predicted molar refractivity (Wildman–Crippen MR) is 135 cm³/mol. The minimum absolute atomic E-state index is 0.0373. The largest absolute Gasteiger partial charge is 0.353 e. The molecule has 7 heteroatoms. The molecule has 5 nitrogen and oxygen atoms in total. The number of anilines is 2. The maximum absolute atomic E-state index is 12.3. The van der Waals surface area contributed by atoms with E-state index in [1.54, 1.807) is 22.9 Å². The van der Waals surface area contributed by atoms with E-state index in [1.165, 1.54) is 15.6 Å². The lowest BCUT2D eigenvalue weighted by Gasteiger charge is -2.35. The SMILES string of the molecule is O=C(Cc1cccs1)Nc1cccc(CCN2CCN(c3nsc4ccccc34)CC2)c1. The summed E-state index contributed by atoms with van der Waals surface area (Å²) in [5.74, 6) is 1.17. The van der Waals surface area contributed by atoms with Gasteiger partial charge in [-0.25, -0.2) is 0 Å². The van der Waals surface area contributed by atoms with Gasteiger partial charge in [0.15, 0.2) is 0 Å².